The third kappa shape index (κ3) is 6.52. The molecule has 180 valence electrons. The van der Waals surface area contributed by atoms with Crippen LogP contribution in [0.3, 0.4) is 0 Å². The Morgan fingerprint density at radius 1 is 1.09 bits per heavy atom. The van der Waals surface area contributed by atoms with Crippen LogP contribution < -0.4 is 5.32 Å². The van der Waals surface area contributed by atoms with Crippen molar-refractivity contribution in [3.8, 4) is 11.5 Å². The third-order valence-electron chi connectivity index (χ3n) is 7.36. The SMILES string of the molecule is CC1=CC(CNCCN2CCOCC2)C(C(C)C)CC1Cc1nnc(-c2ccc(C)cc2)o1. The van der Waals surface area contributed by atoms with E-state index in [2.05, 4.69) is 66.3 Å². The molecule has 0 amide bonds. The van der Waals surface area contributed by atoms with E-state index in [9.17, 15) is 0 Å². The highest BCUT2D eigenvalue weighted by Gasteiger charge is 2.32. The fourth-order valence-corrected chi connectivity index (χ4v) is 5.20. The molecule has 1 aromatic carbocycles. The van der Waals surface area contributed by atoms with Gasteiger partial charge in [-0.2, -0.15) is 0 Å². The summed E-state index contributed by atoms with van der Waals surface area (Å²) in [5.41, 5.74) is 3.67. The molecule has 1 saturated heterocycles. The number of rotatable bonds is 9. The van der Waals surface area contributed by atoms with Gasteiger partial charge in [-0.05, 0) is 56.1 Å². The van der Waals surface area contributed by atoms with Crippen LogP contribution >= 0.6 is 0 Å². The summed E-state index contributed by atoms with van der Waals surface area (Å²) in [4.78, 5) is 2.49. The second-order valence-corrected chi connectivity index (χ2v) is 10.1. The number of aromatic nitrogens is 2. The molecular weight excluding hydrogens is 412 g/mol. The Morgan fingerprint density at radius 3 is 2.58 bits per heavy atom. The van der Waals surface area contributed by atoms with E-state index in [4.69, 9.17) is 9.15 Å². The zero-order valence-corrected chi connectivity index (χ0v) is 20.7. The molecule has 1 N–H and O–H groups in total. The highest BCUT2D eigenvalue weighted by molar-refractivity contribution is 5.52. The van der Waals surface area contributed by atoms with Crippen molar-refractivity contribution in [2.45, 2.75) is 40.5 Å². The fourth-order valence-electron chi connectivity index (χ4n) is 5.20. The van der Waals surface area contributed by atoms with Crippen molar-refractivity contribution in [1.29, 1.82) is 0 Å². The summed E-state index contributed by atoms with van der Waals surface area (Å²) in [5, 5.41) is 12.4. The van der Waals surface area contributed by atoms with Gasteiger partial charge in [-0.15, -0.1) is 10.2 Å². The minimum Gasteiger partial charge on any atom is -0.421 e. The molecule has 6 heteroatoms. The van der Waals surface area contributed by atoms with E-state index < -0.39 is 0 Å². The Bertz CT molecular complexity index is 899. The van der Waals surface area contributed by atoms with E-state index in [1.54, 1.807) is 0 Å². The van der Waals surface area contributed by atoms with Crippen LogP contribution in [0.15, 0.2) is 40.3 Å². The molecule has 0 spiro atoms. The van der Waals surface area contributed by atoms with Crippen LogP contribution in [-0.4, -0.2) is 61.0 Å². The highest BCUT2D eigenvalue weighted by atomic mass is 16.5. The van der Waals surface area contributed by atoms with E-state index in [0.717, 1.165) is 63.8 Å². The molecule has 33 heavy (non-hydrogen) atoms. The molecule has 6 nitrogen and oxygen atoms in total. The van der Waals surface area contributed by atoms with Gasteiger partial charge < -0.3 is 14.5 Å². The number of aryl methyl sites for hydroxylation is 1. The summed E-state index contributed by atoms with van der Waals surface area (Å²) in [6.45, 7) is 16.1. The summed E-state index contributed by atoms with van der Waals surface area (Å²) in [6, 6.07) is 8.25. The van der Waals surface area contributed by atoms with E-state index >= 15 is 0 Å². The van der Waals surface area contributed by atoms with Gasteiger partial charge in [0.25, 0.3) is 0 Å². The maximum Gasteiger partial charge on any atom is 0.247 e. The van der Waals surface area contributed by atoms with Gasteiger partial charge >= 0.3 is 0 Å². The summed E-state index contributed by atoms with van der Waals surface area (Å²) in [7, 11) is 0. The molecule has 1 fully saturated rings. The van der Waals surface area contributed by atoms with E-state index in [-0.39, 0.29) is 0 Å². The van der Waals surface area contributed by atoms with Crippen molar-refractivity contribution in [3.63, 3.8) is 0 Å². The van der Waals surface area contributed by atoms with Crippen LogP contribution in [0, 0.1) is 30.6 Å². The number of benzene rings is 1. The lowest BCUT2D eigenvalue weighted by molar-refractivity contribution is 0.0382. The molecule has 0 saturated carbocycles. The van der Waals surface area contributed by atoms with Crippen LogP contribution in [-0.2, 0) is 11.2 Å². The molecule has 3 atom stereocenters. The van der Waals surface area contributed by atoms with Crippen LogP contribution in [0.4, 0.5) is 0 Å². The Kier molecular flexibility index (Phi) is 8.34. The quantitative estimate of drug-likeness (QED) is 0.450. The maximum absolute atomic E-state index is 6.04. The van der Waals surface area contributed by atoms with E-state index in [1.807, 2.05) is 12.1 Å². The van der Waals surface area contributed by atoms with E-state index in [1.165, 1.54) is 17.6 Å². The first kappa shape index (κ1) is 24.1. The minimum atomic E-state index is 0.466. The Labute approximate surface area is 198 Å². The number of hydrogen-bond donors (Lipinski definition) is 1. The van der Waals surface area contributed by atoms with Gasteiger partial charge in [-0.1, -0.05) is 43.2 Å². The summed E-state index contributed by atoms with van der Waals surface area (Å²) < 4.78 is 11.5. The standard InChI is InChI=1S/C27H40N4O2/c1-19(2)25-16-23(17-26-29-30-27(33-26)22-7-5-20(3)6-8-22)21(4)15-24(25)18-28-9-10-31-11-13-32-14-12-31/h5-8,15,19,23-25,28H,9-14,16-18H2,1-4H3. The highest BCUT2D eigenvalue weighted by Crippen LogP contribution is 2.38. The van der Waals surface area contributed by atoms with Gasteiger partial charge in [0.05, 0.1) is 13.2 Å². The first-order chi connectivity index (χ1) is 16.0. The molecule has 1 aliphatic heterocycles. The Balaban J connectivity index is 1.33. The van der Waals surface area contributed by atoms with Crippen molar-refractivity contribution in [1.82, 2.24) is 20.4 Å². The molecule has 1 aliphatic carbocycles. The second-order valence-electron chi connectivity index (χ2n) is 10.1. The van der Waals surface area contributed by atoms with Crippen LogP contribution in [0.25, 0.3) is 11.5 Å². The summed E-state index contributed by atoms with van der Waals surface area (Å²) >= 11 is 0. The van der Waals surface area contributed by atoms with Crippen LogP contribution in [0.5, 0.6) is 0 Å². The zero-order chi connectivity index (χ0) is 23.2. The second kappa shape index (κ2) is 11.4. The monoisotopic (exact) mass is 452 g/mol. The predicted molar refractivity (Wildman–Crippen MR) is 132 cm³/mol. The van der Waals surface area contributed by atoms with Gasteiger partial charge in [0.2, 0.25) is 11.8 Å². The Hall–Kier alpha value is -2.02. The number of hydrogen-bond acceptors (Lipinski definition) is 6. The molecular formula is C27H40N4O2. The van der Waals surface area contributed by atoms with Gasteiger partial charge in [0.15, 0.2) is 0 Å². The number of morpholine rings is 1. The molecule has 2 aliphatic rings. The van der Waals surface area contributed by atoms with E-state index in [0.29, 0.717) is 29.6 Å². The lowest BCUT2D eigenvalue weighted by atomic mass is 9.70. The van der Waals surface area contributed by atoms with Crippen LogP contribution in [0.1, 0.15) is 38.6 Å². The molecule has 2 heterocycles. The third-order valence-corrected chi connectivity index (χ3v) is 7.36. The molecule has 1 aromatic heterocycles. The summed E-state index contributed by atoms with van der Waals surface area (Å²) in [5.74, 6) is 3.71. The van der Waals surface area contributed by atoms with Crippen molar-refractivity contribution in [2.24, 2.45) is 23.7 Å². The van der Waals surface area contributed by atoms with Crippen molar-refractivity contribution in [2.75, 3.05) is 45.9 Å². The average molecular weight is 453 g/mol. The number of allylic oxidation sites excluding steroid dienone is 1. The lowest BCUT2D eigenvalue weighted by Crippen LogP contribution is -2.42. The largest absolute Gasteiger partial charge is 0.421 e. The molecule has 2 aromatic rings. The van der Waals surface area contributed by atoms with Crippen molar-refractivity contribution >= 4 is 0 Å². The topological polar surface area (TPSA) is 63.4 Å². The minimum absolute atomic E-state index is 0.466. The van der Waals surface area contributed by atoms with Gasteiger partial charge in [-0.25, -0.2) is 0 Å². The van der Waals surface area contributed by atoms with Crippen molar-refractivity contribution in [3.05, 3.63) is 47.4 Å². The normalized spacial score (nSPS) is 24.3. The number of ether oxygens (including phenoxy) is 1. The van der Waals surface area contributed by atoms with Crippen molar-refractivity contribution < 1.29 is 9.15 Å². The lowest BCUT2D eigenvalue weighted by Gasteiger charge is -2.37. The first-order valence-corrected chi connectivity index (χ1v) is 12.6. The fraction of sp³-hybridized carbons (Fsp3) is 0.630. The van der Waals surface area contributed by atoms with Gasteiger partial charge in [0, 0.05) is 44.7 Å². The van der Waals surface area contributed by atoms with Crippen LogP contribution in [0.2, 0.25) is 0 Å². The molecule has 3 unspecified atom stereocenters. The summed E-state index contributed by atoms with van der Waals surface area (Å²) in [6.07, 6.45) is 4.51. The first-order valence-electron chi connectivity index (χ1n) is 12.6. The maximum atomic E-state index is 6.04. The van der Waals surface area contributed by atoms with Gasteiger partial charge in [-0.3, -0.25) is 4.90 Å². The molecule has 0 bridgehead atoms. The zero-order valence-electron chi connectivity index (χ0n) is 20.7. The smallest absolute Gasteiger partial charge is 0.247 e. The molecule has 4 rings (SSSR count). The number of nitrogens with zero attached hydrogens (tertiary/aromatic N) is 3. The molecule has 0 radical (unpaired) electrons. The van der Waals surface area contributed by atoms with Gasteiger partial charge in [0.1, 0.15) is 0 Å². The Morgan fingerprint density at radius 2 is 1.85 bits per heavy atom. The average Bonchev–Trinajstić information content (AvgIpc) is 3.28. The number of nitrogens with one attached hydrogen (secondary N) is 1. The predicted octanol–water partition coefficient (Wildman–Crippen LogP) is 4.36.